The maximum absolute atomic E-state index is 12.9. The monoisotopic (exact) mass is 413 g/mol. The summed E-state index contributed by atoms with van der Waals surface area (Å²) in [6, 6.07) is 14.8. The van der Waals surface area contributed by atoms with E-state index in [1.165, 1.54) is 4.80 Å². The quantitative estimate of drug-likeness (QED) is 0.459. The summed E-state index contributed by atoms with van der Waals surface area (Å²) in [5.74, 6) is 1.04. The molecule has 0 aliphatic carbocycles. The molecule has 3 aromatic heterocycles. The van der Waals surface area contributed by atoms with Crippen LogP contribution in [0.3, 0.4) is 0 Å². The number of furan rings is 1. The second-order valence-electron chi connectivity index (χ2n) is 6.06. The molecule has 0 saturated heterocycles. The Kier molecular flexibility index (Phi) is 5.50. The standard InChI is InChI=1S/C19H16ClN5O2S/c20-15-7-5-14(6-8-15)19-21-23-25(22-19)13-18(26)24(11-16-3-1-9-27-16)12-17-4-2-10-28-17/h1-10H,11-13H2. The molecular formula is C19H16ClN5O2S. The summed E-state index contributed by atoms with van der Waals surface area (Å²) in [5.41, 5.74) is 0.786. The van der Waals surface area contributed by atoms with Crippen molar-refractivity contribution in [2.24, 2.45) is 0 Å². The van der Waals surface area contributed by atoms with Crippen LogP contribution in [-0.4, -0.2) is 31.0 Å². The predicted molar refractivity (Wildman–Crippen MR) is 106 cm³/mol. The molecule has 142 valence electrons. The molecule has 0 N–H and O–H groups in total. The molecule has 0 unspecified atom stereocenters. The van der Waals surface area contributed by atoms with Gasteiger partial charge in [-0.3, -0.25) is 4.79 Å². The van der Waals surface area contributed by atoms with E-state index in [2.05, 4.69) is 15.4 Å². The number of tetrazole rings is 1. The fourth-order valence-corrected chi connectivity index (χ4v) is 3.50. The first kappa shape index (κ1) is 18.4. The lowest BCUT2D eigenvalue weighted by Gasteiger charge is -2.20. The fraction of sp³-hybridized carbons (Fsp3) is 0.158. The molecule has 0 aliphatic heterocycles. The van der Waals surface area contributed by atoms with Crippen molar-refractivity contribution in [2.75, 3.05) is 0 Å². The molecule has 3 heterocycles. The lowest BCUT2D eigenvalue weighted by atomic mass is 10.2. The molecule has 0 spiro atoms. The molecule has 0 fully saturated rings. The molecule has 28 heavy (non-hydrogen) atoms. The molecule has 0 saturated carbocycles. The molecule has 0 radical (unpaired) electrons. The first-order valence-corrected chi connectivity index (χ1v) is 9.79. The van der Waals surface area contributed by atoms with E-state index >= 15 is 0 Å². The van der Waals surface area contributed by atoms with Crippen molar-refractivity contribution >= 4 is 28.8 Å². The van der Waals surface area contributed by atoms with Crippen LogP contribution in [0.5, 0.6) is 0 Å². The molecule has 7 nitrogen and oxygen atoms in total. The summed E-state index contributed by atoms with van der Waals surface area (Å²) >= 11 is 7.51. The van der Waals surface area contributed by atoms with Crippen LogP contribution >= 0.6 is 22.9 Å². The number of nitrogens with zero attached hydrogens (tertiary/aromatic N) is 5. The van der Waals surface area contributed by atoms with Crippen LogP contribution in [0.25, 0.3) is 11.4 Å². The van der Waals surface area contributed by atoms with Crippen LogP contribution in [0.4, 0.5) is 0 Å². The van der Waals surface area contributed by atoms with E-state index in [1.54, 1.807) is 40.7 Å². The number of carbonyl (C=O) groups is 1. The highest BCUT2D eigenvalue weighted by molar-refractivity contribution is 7.09. The van der Waals surface area contributed by atoms with Crippen LogP contribution < -0.4 is 0 Å². The SMILES string of the molecule is O=C(Cn1nnc(-c2ccc(Cl)cc2)n1)N(Cc1ccco1)Cc1cccs1. The lowest BCUT2D eigenvalue weighted by Crippen LogP contribution is -2.33. The van der Waals surface area contributed by atoms with Gasteiger partial charge in [-0.15, -0.1) is 21.5 Å². The third kappa shape index (κ3) is 4.47. The highest BCUT2D eigenvalue weighted by Crippen LogP contribution is 2.18. The van der Waals surface area contributed by atoms with Crippen LogP contribution in [0, 0.1) is 0 Å². The molecule has 0 bridgehead atoms. The van der Waals surface area contributed by atoms with E-state index in [1.807, 2.05) is 35.7 Å². The number of halogens is 1. The zero-order chi connectivity index (χ0) is 19.3. The van der Waals surface area contributed by atoms with E-state index in [0.29, 0.717) is 23.9 Å². The van der Waals surface area contributed by atoms with Gasteiger partial charge in [-0.2, -0.15) is 4.80 Å². The summed E-state index contributed by atoms with van der Waals surface area (Å²) in [4.78, 5) is 17.0. The third-order valence-electron chi connectivity index (χ3n) is 4.04. The maximum atomic E-state index is 12.9. The normalized spacial score (nSPS) is 10.9. The Labute approximate surface area is 170 Å². The van der Waals surface area contributed by atoms with Crippen LogP contribution in [0.15, 0.2) is 64.6 Å². The first-order chi connectivity index (χ1) is 13.7. The number of hydrogen-bond acceptors (Lipinski definition) is 6. The third-order valence-corrected chi connectivity index (χ3v) is 5.15. The van der Waals surface area contributed by atoms with Crippen molar-refractivity contribution in [3.05, 3.63) is 75.8 Å². The van der Waals surface area contributed by atoms with E-state index in [9.17, 15) is 4.79 Å². The van der Waals surface area contributed by atoms with Gasteiger partial charge >= 0.3 is 0 Å². The van der Waals surface area contributed by atoms with Crippen molar-refractivity contribution in [2.45, 2.75) is 19.6 Å². The average Bonchev–Trinajstić information content (AvgIpc) is 3.45. The van der Waals surface area contributed by atoms with Crippen LogP contribution in [0.1, 0.15) is 10.6 Å². The minimum atomic E-state index is -0.121. The molecule has 4 rings (SSSR count). The molecule has 1 aromatic carbocycles. The van der Waals surface area contributed by atoms with Crippen LogP contribution in [0.2, 0.25) is 5.02 Å². The zero-order valence-corrected chi connectivity index (χ0v) is 16.3. The van der Waals surface area contributed by atoms with Gasteiger partial charge in [-0.05, 0) is 53.1 Å². The predicted octanol–water partition coefficient (Wildman–Crippen LogP) is 3.88. The zero-order valence-electron chi connectivity index (χ0n) is 14.7. The number of rotatable bonds is 7. The summed E-state index contributed by atoms with van der Waals surface area (Å²) in [6.45, 7) is 0.866. The number of carbonyl (C=O) groups excluding carboxylic acids is 1. The Morgan fingerprint density at radius 3 is 2.71 bits per heavy atom. The van der Waals surface area contributed by atoms with Crippen molar-refractivity contribution in [1.29, 1.82) is 0 Å². The molecule has 0 aliphatic rings. The summed E-state index contributed by atoms with van der Waals surface area (Å²) in [7, 11) is 0. The van der Waals surface area contributed by atoms with Gasteiger partial charge in [-0.1, -0.05) is 17.7 Å². The second kappa shape index (κ2) is 8.37. The topological polar surface area (TPSA) is 77.1 Å². The largest absolute Gasteiger partial charge is 0.467 e. The smallest absolute Gasteiger partial charge is 0.246 e. The van der Waals surface area contributed by atoms with Crippen molar-refractivity contribution < 1.29 is 9.21 Å². The van der Waals surface area contributed by atoms with Gasteiger partial charge in [0.05, 0.1) is 19.4 Å². The molecular weight excluding hydrogens is 398 g/mol. The minimum absolute atomic E-state index is 0.00727. The van der Waals surface area contributed by atoms with Gasteiger partial charge in [0, 0.05) is 15.5 Å². The van der Waals surface area contributed by atoms with E-state index in [-0.39, 0.29) is 12.5 Å². The highest BCUT2D eigenvalue weighted by Gasteiger charge is 2.18. The highest BCUT2D eigenvalue weighted by atomic mass is 35.5. The van der Waals surface area contributed by atoms with Crippen LogP contribution in [-0.2, 0) is 24.4 Å². The second-order valence-corrected chi connectivity index (χ2v) is 7.53. The fourth-order valence-electron chi connectivity index (χ4n) is 2.66. The maximum Gasteiger partial charge on any atom is 0.246 e. The average molecular weight is 414 g/mol. The molecule has 4 aromatic rings. The van der Waals surface area contributed by atoms with Gasteiger partial charge in [0.25, 0.3) is 0 Å². The number of amides is 1. The Bertz CT molecular complexity index is 993. The Morgan fingerprint density at radius 2 is 2.00 bits per heavy atom. The summed E-state index contributed by atoms with van der Waals surface area (Å²) in [6.07, 6.45) is 1.60. The van der Waals surface area contributed by atoms with Gasteiger partial charge < -0.3 is 9.32 Å². The molecule has 1 amide bonds. The molecule has 0 atom stereocenters. The van der Waals surface area contributed by atoms with E-state index in [4.69, 9.17) is 16.0 Å². The van der Waals surface area contributed by atoms with E-state index < -0.39 is 0 Å². The minimum Gasteiger partial charge on any atom is -0.467 e. The van der Waals surface area contributed by atoms with Crippen molar-refractivity contribution in [1.82, 2.24) is 25.1 Å². The van der Waals surface area contributed by atoms with Crippen molar-refractivity contribution in [3.8, 4) is 11.4 Å². The van der Waals surface area contributed by atoms with Gasteiger partial charge in [0.2, 0.25) is 11.7 Å². The van der Waals surface area contributed by atoms with Gasteiger partial charge in [-0.25, -0.2) is 0 Å². The molecule has 9 heteroatoms. The van der Waals surface area contributed by atoms with Crippen molar-refractivity contribution in [3.63, 3.8) is 0 Å². The number of thiophene rings is 1. The number of benzene rings is 1. The Balaban J connectivity index is 1.48. The van der Waals surface area contributed by atoms with Gasteiger partial charge in [0.1, 0.15) is 12.3 Å². The lowest BCUT2D eigenvalue weighted by molar-refractivity contribution is -0.133. The summed E-state index contributed by atoms with van der Waals surface area (Å²) in [5, 5.41) is 15.0. The summed E-state index contributed by atoms with van der Waals surface area (Å²) < 4.78 is 5.40. The first-order valence-electron chi connectivity index (χ1n) is 8.53. The Hall–Kier alpha value is -2.97. The van der Waals surface area contributed by atoms with Gasteiger partial charge in [0.15, 0.2) is 0 Å². The number of aromatic nitrogens is 4. The Morgan fingerprint density at radius 1 is 1.14 bits per heavy atom. The van der Waals surface area contributed by atoms with E-state index in [0.717, 1.165) is 16.2 Å². The number of hydrogen-bond donors (Lipinski definition) is 0.